The summed E-state index contributed by atoms with van der Waals surface area (Å²) in [7, 11) is 0. The van der Waals surface area contributed by atoms with Gasteiger partial charge in [-0.05, 0) is 24.6 Å². The first kappa shape index (κ1) is 20.3. The molecule has 2 amide bonds. The number of hydrogen-bond donors (Lipinski definition) is 2. The molecule has 0 saturated heterocycles. The van der Waals surface area contributed by atoms with Gasteiger partial charge < -0.3 is 11.1 Å². The van der Waals surface area contributed by atoms with Crippen molar-refractivity contribution in [2.75, 3.05) is 18.4 Å². The number of nitrogens with one attached hydrogen (secondary N) is 1. The van der Waals surface area contributed by atoms with Gasteiger partial charge in [-0.3, -0.25) is 24.6 Å². The Morgan fingerprint density at radius 2 is 2.12 bits per heavy atom. The molecular weight excluding hydrogens is 400 g/mol. The fraction of sp³-hybridized carbons (Fsp3) is 0.333. The molecule has 0 aliphatic carbocycles. The lowest BCUT2D eigenvalue weighted by atomic mass is 10.0. The second kappa shape index (κ2) is 8.12. The lowest BCUT2D eigenvalue weighted by molar-refractivity contribution is -0.380. The van der Waals surface area contributed by atoms with Gasteiger partial charge in [0.25, 0.3) is 11.8 Å². The molecule has 11 heteroatoms. The summed E-state index contributed by atoms with van der Waals surface area (Å²) in [5.74, 6) is -1.05. The highest BCUT2D eigenvalue weighted by Gasteiger charge is 2.27. The van der Waals surface area contributed by atoms with Crippen LogP contribution in [0.5, 0.6) is 0 Å². The third-order valence-corrected chi connectivity index (χ3v) is 6.22. The average molecular weight is 417 g/mol. The summed E-state index contributed by atoms with van der Waals surface area (Å²) in [4.78, 5) is 38.0. The lowest BCUT2D eigenvalue weighted by Gasteiger charge is -2.25. The van der Waals surface area contributed by atoms with Gasteiger partial charge in [0.1, 0.15) is 5.00 Å². The zero-order chi connectivity index (χ0) is 18.1. The van der Waals surface area contributed by atoms with Crippen LogP contribution in [0.2, 0.25) is 0 Å². The largest absolute Gasteiger partial charge is 0.365 e. The minimum absolute atomic E-state index is 0. The van der Waals surface area contributed by atoms with Gasteiger partial charge in [0.05, 0.1) is 15.4 Å². The Bertz CT molecular complexity index is 864. The highest BCUT2D eigenvalue weighted by molar-refractivity contribution is 7.18. The zero-order valence-electron chi connectivity index (χ0n) is 13.8. The van der Waals surface area contributed by atoms with Crippen LogP contribution >= 0.6 is 35.1 Å². The zero-order valence-corrected chi connectivity index (χ0v) is 16.3. The minimum Gasteiger partial charge on any atom is -0.365 e. The van der Waals surface area contributed by atoms with Gasteiger partial charge in [0, 0.05) is 24.0 Å². The van der Waals surface area contributed by atoms with Crippen LogP contribution in [0.25, 0.3) is 0 Å². The van der Waals surface area contributed by atoms with Crippen molar-refractivity contribution < 1.29 is 14.5 Å². The number of nitrogens with two attached hydrogens (primary N) is 1. The Kier molecular flexibility index (Phi) is 6.34. The first-order valence-corrected chi connectivity index (χ1v) is 9.26. The van der Waals surface area contributed by atoms with E-state index in [-0.39, 0.29) is 22.3 Å². The molecule has 0 radical (unpaired) electrons. The van der Waals surface area contributed by atoms with Crippen molar-refractivity contribution in [1.82, 2.24) is 4.90 Å². The van der Waals surface area contributed by atoms with Gasteiger partial charge in [-0.1, -0.05) is 18.3 Å². The van der Waals surface area contributed by atoms with E-state index in [1.807, 2.05) is 0 Å². The Morgan fingerprint density at radius 1 is 1.38 bits per heavy atom. The van der Waals surface area contributed by atoms with Gasteiger partial charge in [-0.15, -0.1) is 23.7 Å². The number of carbonyl (C=O) groups excluding carboxylic acids is 2. The molecule has 3 rings (SSSR count). The summed E-state index contributed by atoms with van der Waals surface area (Å²) in [6.07, 6.45) is 0.707. The number of carbonyl (C=O) groups is 2. The normalized spacial score (nSPS) is 13.6. The van der Waals surface area contributed by atoms with Crippen LogP contribution in [0.15, 0.2) is 12.1 Å². The van der Waals surface area contributed by atoms with Crippen LogP contribution in [-0.4, -0.2) is 34.7 Å². The number of primary amides is 1. The third kappa shape index (κ3) is 3.88. The molecule has 0 saturated carbocycles. The second-order valence-electron chi connectivity index (χ2n) is 5.54. The maximum Gasteiger partial charge on any atom is 0.324 e. The van der Waals surface area contributed by atoms with E-state index in [2.05, 4.69) is 17.1 Å². The van der Waals surface area contributed by atoms with E-state index in [1.54, 1.807) is 0 Å². The number of nitrogens with zero attached hydrogens (tertiary/aromatic N) is 2. The van der Waals surface area contributed by atoms with Gasteiger partial charge in [0.15, 0.2) is 0 Å². The van der Waals surface area contributed by atoms with Gasteiger partial charge in [-0.25, -0.2) is 0 Å². The number of anilines is 1. The van der Waals surface area contributed by atoms with Crippen molar-refractivity contribution in [1.29, 1.82) is 0 Å². The predicted octanol–water partition coefficient (Wildman–Crippen LogP) is 2.87. The fourth-order valence-corrected chi connectivity index (χ4v) is 4.79. The van der Waals surface area contributed by atoms with Crippen LogP contribution in [0.3, 0.4) is 0 Å². The number of fused-ring (bicyclic) bond motifs is 1. The van der Waals surface area contributed by atoms with Crippen molar-refractivity contribution in [3.8, 4) is 0 Å². The van der Waals surface area contributed by atoms with E-state index in [1.165, 1.54) is 23.5 Å². The summed E-state index contributed by atoms with van der Waals surface area (Å²) in [5, 5.41) is 13.8. The molecule has 140 valence electrons. The summed E-state index contributed by atoms with van der Waals surface area (Å²) >= 11 is 2.13. The predicted molar refractivity (Wildman–Crippen MR) is 104 cm³/mol. The van der Waals surface area contributed by atoms with E-state index >= 15 is 0 Å². The summed E-state index contributed by atoms with van der Waals surface area (Å²) in [6.45, 7) is 4.53. The number of likely N-dealkylation sites (N-methyl/N-ethyl adjacent to an activating group) is 1. The molecule has 0 fully saturated rings. The van der Waals surface area contributed by atoms with E-state index < -0.39 is 16.7 Å². The molecule has 2 aromatic rings. The van der Waals surface area contributed by atoms with E-state index in [9.17, 15) is 19.7 Å². The maximum absolute atomic E-state index is 12.4. The SMILES string of the molecule is CCN1CCc2c(sc(NC(=O)c3ccc([N+](=O)[O-])s3)c2C(N)=O)C1.Cl. The Balaban J connectivity index is 0.00000243. The summed E-state index contributed by atoms with van der Waals surface area (Å²) < 4.78 is 0. The van der Waals surface area contributed by atoms with Crippen LogP contribution in [0.4, 0.5) is 10.0 Å². The van der Waals surface area contributed by atoms with E-state index in [4.69, 9.17) is 5.73 Å². The Morgan fingerprint density at radius 3 is 2.69 bits per heavy atom. The highest BCUT2D eigenvalue weighted by atomic mass is 35.5. The van der Waals surface area contributed by atoms with Crippen molar-refractivity contribution in [3.05, 3.63) is 43.1 Å². The molecular formula is C15H17ClN4O4S2. The number of rotatable bonds is 5. The second-order valence-corrected chi connectivity index (χ2v) is 7.71. The average Bonchev–Trinajstić information content (AvgIpc) is 3.18. The van der Waals surface area contributed by atoms with Gasteiger partial charge >= 0.3 is 5.00 Å². The molecule has 0 atom stereocenters. The highest BCUT2D eigenvalue weighted by Crippen LogP contribution is 2.37. The maximum atomic E-state index is 12.4. The quantitative estimate of drug-likeness (QED) is 0.573. The number of amides is 2. The fourth-order valence-electron chi connectivity index (χ4n) is 2.79. The molecule has 0 aromatic carbocycles. The molecule has 2 aromatic heterocycles. The number of halogens is 1. The van der Waals surface area contributed by atoms with Gasteiger partial charge in [0.2, 0.25) is 0 Å². The van der Waals surface area contributed by atoms with Gasteiger partial charge in [-0.2, -0.15) is 0 Å². The first-order valence-electron chi connectivity index (χ1n) is 7.63. The number of nitro groups is 1. The third-order valence-electron chi connectivity index (χ3n) is 4.05. The molecule has 1 aliphatic heterocycles. The van der Waals surface area contributed by atoms with E-state index in [0.29, 0.717) is 17.0 Å². The Labute approximate surface area is 163 Å². The molecule has 1 aliphatic rings. The van der Waals surface area contributed by atoms with Crippen LogP contribution in [-0.2, 0) is 13.0 Å². The van der Waals surface area contributed by atoms with Crippen LogP contribution < -0.4 is 11.1 Å². The lowest BCUT2D eigenvalue weighted by Crippen LogP contribution is -2.30. The summed E-state index contributed by atoms with van der Waals surface area (Å²) in [5.41, 5.74) is 6.78. The molecule has 0 spiro atoms. The smallest absolute Gasteiger partial charge is 0.324 e. The van der Waals surface area contributed by atoms with Crippen LogP contribution in [0.1, 0.15) is 37.4 Å². The molecule has 3 N–H and O–H groups in total. The summed E-state index contributed by atoms with van der Waals surface area (Å²) in [6, 6.07) is 2.68. The number of hydrogen-bond acceptors (Lipinski definition) is 7. The molecule has 3 heterocycles. The molecule has 26 heavy (non-hydrogen) atoms. The monoisotopic (exact) mass is 416 g/mol. The molecule has 0 bridgehead atoms. The topological polar surface area (TPSA) is 119 Å². The first-order chi connectivity index (χ1) is 11.9. The molecule has 0 unspecified atom stereocenters. The standard InChI is InChI=1S/C15H16N4O4S2.ClH/c1-2-18-6-5-8-10(7-18)25-15(12(8)13(16)20)17-14(21)9-3-4-11(24-9)19(22)23;/h3-4H,2,5-7H2,1H3,(H2,16,20)(H,17,21);1H. The van der Waals surface area contributed by atoms with Crippen molar-refractivity contribution in [2.24, 2.45) is 5.73 Å². The van der Waals surface area contributed by atoms with Crippen LogP contribution in [0, 0.1) is 10.1 Å². The number of thiophene rings is 2. The Hall–Kier alpha value is -2.01. The van der Waals surface area contributed by atoms with Crippen molar-refractivity contribution in [2.45, 2.75) is 19.9 Å². The van der Waals surface area contributed by atoms with Crippen molar-refractivity contribution >= 4 is 56.9 Å². The molecule has 8 nitrogen and oxygen atoms in total. The minimum atomic E-state index is -0.574. The van der Waals surface area contributed by atoms with Crippen molar-refractivity contribution in [3.63, 3.8) is 0 Å². The van der Waals surface area contributed by atoms with E-state index in [0.717, 1.165) is 41.4 Å².